The second-order valence-electron chi connectivity index (χ2n) is 7.21. The summed E-state index contributed by atoms with van der Waals surface area (Å²) in [5.41, 5.74) is 5.81. The molecule has 0 saturated carbocycles. The third kappa shape index (κ3) is 3.68. The van der Waals surface area contributed by atoms with Crippen molar-refractivity contribution in [1.29, 1.82) is 0 Å². The van der Waals surface area contributed by atoms with Crippen molar-refractivity contribution in [3.63, 3.8) is 0 Å². The predicted molar refractivity (Wildman–Crippen MR) is 119 cm³/mol. The first-order valence-electron chi connectivity index (χ1n) is 9.75. The minimum atomic E-state index is -0.127. The van der Waals surface area contributed by atoms with Gasteiger partial charge in [0.25, 0.3) is 5.91 Å². The molecule has 2 aromatic heterocycles. The zero-order chi connectivity index (χ0) is 20.5. The molecule has 0 saturated heterocycles. The van der Waals surface area contributed by atoms with Crippen molar-refractivity contribution in [3.05, 3.63) is 76.6 Å². The SMILES string of the molecule is CCn1nc(C(=O)N(Cc2ccccc2)c2nc3c(C)c(C)ccc3s2)cc1C. The third-order valence-corrected chi connectivity index (χ3v) is 6.28. The van der Waals surface area contributed by atoms with E-state index in [2.05, 4.69) is 31.1 Å². The summed E-state index contributed by atoms with van der Waals surface area (Å²) < 4.78 is 2.93. The molecule has 0 atom stereocenters. The maximum atomic E-state index is 13.5. The molecule has 0 aliphatic rings. The standard InChI is InChI=1S/C23H24N4OS/c1-5-27-16(3)13-19(25-27)22(28)26(14-18-9-7-6-8-10-18)23-24-21-17(4)15(2)11-12-20(21)29-23/h6-13H,5,14H2,1-4H3. The maximum Gasteiger partial charge on any atom is 0.280 e. The van der Waals surface area contributed by atoms with Crippen molar-refractivity contribution < 1.29 is 4.79 Å². The van der Waals surface area contributed by atoms with Gasteiger partial charge in [0.05, 0.1) is 16.8 Å². The van der Waals surface area contributed by atoms with Crippen LogP contribution in [-0.4, -0.2) is 20.7 Å². The molecule has 0 aliphatic carbocycles. The number of nitrogens with zero attached hydrogens (tertiary/aromatic N) is 4. The maximum absolute atomic E-state index is 13.5. The molecule has 5 nitrogen and oxygen atoms in total. The van der Waals surface area contributed by atoms with E-state index in [-0.39, 0.29) is 5.91 Å². The summed E-state index contributed by atoms with van der Waals surface area (Å²) in [6.07, 6.45) is 0. The largest absolute Gasteiger partial charge is 0.280 e. The van der Waals surface area contributed by atoms with Crippen LogP contribution in [0.4, 0.5) is 5.13 Å². The van der Waals surface area contributed by atoms with Crippen molar-refractivity contribution >= 4 is 32.6 Å². The Bertz CT molecular complexity index is 1180. The lowest BCUT2D eigenvalue weighted by Crippen LogP contribution is -2.30. The summed E-state index contributed by atoms with van der Waals surface area (Å²) >= 11 is 1.55. The lowest BCUT2D eigenvalue weighted by atomic mass is 10.1. The van der Waals surface area contributed by atoms with E-state index in [9.17, 15) is 4.79 Å². The van der Waals surface area contributed by atoms with Gasteiger partial charge in [-0.3, -0.25) is 14.4 Å². The smallest absolute Gasteiger partial charge is 0.278 e. The molecule has 0 fully saturated rings. The van der Waals surface area contributed by atoms with Crippen molar-refractivity contribution in [2.75, 3.05) is 4.90 Å². The van der Waals surface area contributed by atoms with E-state index < -0.39 is 0 Å². The fourth-order valence-electron chi connectivity index (χ4n) is 3.40. The van der Waals surface area contributed by atoms with Crippen LogP contribution < -0.4 is 4.90 Å². The molecule has 148 valence electrons. The van der Waals surface area contributed by atoms with Crippen LogP contribution in [0.3, 0.4) is 0 Å². The Balaban J connectivity index is 1.79. The van der Waals surface area contributed by atoms with Crippen LogP contribution in [0.5, 0.6) is 0 Å². The number of aryl methyl sites for hydroxylation is 4. The molecule has 1 amide bonds. The summed E-state index contributed by atoms with van der Waals surface area (Å²) in [6.45, 7) is 9.35. The van der Waals surface area contributed by atoms with Crippen LogP contribution in [0.1, 0.15) is 39.8 Å². The number of hydrogen-bond donors (Lipinski definition) is 0. The fourth-order valence-corrected chi connectivity index (χ4v) is 4.42. The predicted octanol–water partition coefficient (Wildman–Crippen LogP) is 5.28. The highest BCUT2D eigenvalue weighted by atomic mass is 32.1. The summed E-state index contributed by atoms with van der Waals surface area (Å²) in [6, 6.07) is 16.0. The Morgan fingerprint density at radius 3 is 2.55 bits per heavy atom. The van der Waals surface area contributed by atoms with Gasteiger partial charge in [0, 0.05) is 12.2 Å². The molecule has 0 N–H and O–H groups in total. The molecular formula is C23H24N4OS. The van der Waals surface area contributed by atoms with Crippen molar-refractivity contribution in [2.45, 2.75) is 40.8 Å². The van der Waals surface area contributed by atoms with Crippen molar-refractivity contribution in [2.24, 2.45) is 0 Å². The summed E-state index contributed by atoms with van der Waals surface area (Å²) in [7, 11) is 0. The highest BCUT2D eigenvalue weighted by molar-refractivity contribution is 7.22. The molecule has 0 unspecified atom stereocenters. The van der Waals surface area contributed by atoms with E-state index in [1.54, 1.807) is 16.2 Å². The first kappa shape index (κ1) is 19.3. The van der Waals surface area contributed by atoms with Gasteiger partial charge in [0.15, 0.2) is 10.8 Å². The Labute approximate surface area is 174 Å². The van der Waals surface area contributed by atoms with Gasteiger partial charge < -0.3 is 0 Å². The number of fused-ring (bicyclic) bond motifs is 1. The number of thiazole rings is 1. The second kappa shape index (κ2) is 7.79. The van der Waals surface area contributed by atoms with Crippen molar-refractivity contribution in [3.8, 4) is 0 Å². The Morgan fingerprint density at radius 2 is 1.86 bits per heavy atom. The number of hydrogen-bond acceptors (Lipinski definition) is 4. The number of benzene rings is 2. The van der Waals surface area contributed by atoms with E-state index in [1.165, 1.54) is 5.56 Å². The van der Waals surface area contributed by atoms with Crippen LogP contribution >= 0.6 is 11.3 Å². The molecule has 2 aromatic carbocycles. The molecule has 29 heavy (non-hydrogen) atoms. The van der Waals surface area contributed by atoms with E-state index >= 15 is 0 Å². The Hall–Kier alpha value is -2.99. The first-order valence-corrected chi connectivity index (χ1v) is 10.6. The number of anilines is 1. The topological polar surface area (TPSA) is 51.0 Å². The van der Waals surface area contributed by atoms with Gasteiger partial charge in [0.1, 0.15) is 0 Å². The fraction of sp³-hybridized carbons (Fsp3) is 0.261. The van der Waals surface area contributed by atoms with Gasteiger partial charge in [-0.25, -0.2) is 4.98 Å². The number of rotatable bonds is 5. The zero-order valence-electron chi connectivity index (χ0n) is 17.1. The molecule has 0 radical (unpaired) electrons. The zero-order valence-corrected chi connectivity index (χ0v) is 18.0. The average Bonchev–Trinajstić information content (AvgIpc) is 3.33. The van der Waals surface area contributed by atoms with Crippen molar-refractivity contribution in [1.82, 2.24) is 14.8 Å². The van der Waals surface area contributed by atoms with Crippen LogP contribution in [0, 0.1) is 20.8 Å². The minimum absolute atomic E-state index is 0.127. The number of carbonyl (C=O) groups excluding carboxylic acids is 1. The number of carbonyl (C=O) groups is 1. The van der Waals surface area contributed by atoms with E-state index in [0.29, 0.717) is 17.4 Å². The molecule has 0 bridgehead atoms. The highest BCUT2D eigenvalue weighted by Crippen LogP contribution is 2.33. The van der Waals surface area contributed by atoms with Crippen LogP contribution in [0.15, 0.2) is 48.5 Å². The average molecular weight is 405 g/mol. The Morgan fingerprint density at radius 1 is 1.10 bits per heavy atom. The van der Waals surface area contributed by atoms with Gasteiger partial charge in [-0.05, 0) is 56.5 Å². The Kier molecular flexibility index (Phi) is 5.20. The lowest BCUT2D eigenvalue weighted by Gasteiger charge is -2.19. The van der Waals surface area contributed by atoms with Gasteiger partial charge >= 0.3 is 0 Å². The van der Waals surface area contributed by atoms with Gasteiger partial charge in [-0.1, -0.05) is 47.7 Å². The molecule has 4 rings (SSSR count). The second-order valence-corrected chi connectivity index (χ2v) is 8.22. The monoisotopic (exact) mass is 404 g/mol. The minimum Gasteiger partial charge on any atom is -0.278 e. The quantitative estimate of drug-likeness (QED) is 0.454. The number of aromatic nitrogens is 3. The molecule has 4 aromatic rings. The van der Waals surface area contributed by atoms with Gasteiger partial charge in [0.2, 0.25) is 0 Å². The molecule has 0 spiro atoms. The van der Waals surface area contributed by atoms with Crippen LogP contribution in [0.25, 0.3) is 10.2 Å². The van der Waals surface area contributed by atoms with Gasteiger partial charge in [-0.15, -0.1) is 0 Å². The van der Waals surface area contributed by atoms with E-state index in [4.69, 9.17) is 4.98 Å². The van der Waals surface area contributed by atoms with Gasteiger partial charge in [-0.2, -0.15) is 5.10 Å². The van der Waals surface area contributed by atoms with E-state index in [0.717, 1.165) is 33.6 Å². The third-order valence-electron chi connectivity index (χ3n) is 5.23. The summed E-state index contributed by atoms with van der Waals surface area (Å²) in [4.78, 5) is 20.1. The molecule has 6 heteroatoms. The number of amides is 1. The first-order chi connectivity index (χ1) is 14.0. The van der Waals surface area contributed by atoms with Crippen LogP contribution in [-0.2, 0) is 13.1 Å². The normalized spacial score (nSPS) is 11.2. The highest BCUT2D eigenvalue weighted by Gasteiger charge is 2.24. The molecule has 2 heterocycles. The summed E-state index contributed by atoms with van der Waals surface area (Å²) in [5, 5.41) is 5.20. The summed E-state index contributed by atoms with van der Waals surface area (Å²) in [5.74, 6) is -0.127. The molecular weight excluding hydrogens is 380 g/mol. The molecule has 0 aliphatic heterocycles. The van der Waals surface area contributed by atoms with Crippen LogP contribution in [0.2, 0.25) is 0 Å². The van der Waals surface area contributed by atoms with E-state index in [1.807, 2.05) is 54.9 Å². The lowest BCUT2D eigenvalue weighted by molar-refractivity contribution is 0.0979.